The zero-order valence-electron chi connectivity index (χ0n) is 7.64. The van der Waals surface area contributed by atoms with Crippen LogP contribution in [0.3, 0.4) is 0 Å². The summed E-state index contributed by atoms with van der Waals surface area (Å²) in [5, 5.41) is 8.29. The normalized spacial score (nSPS) is 17.2. The molecule has 0 aromatic carbocycles. The van der Waals surface area contributed by atoms with Crippen LogP contribution in [0.1, 0.15) is 0 Å². The second-order valence-corrected chi connectivity index (χ2v) is 2.88. The maximum Gasteiger partial charge on any atom is 0.328 e. The highest BCUT2D eigenvalue weighted by atomic mass is 16.4. The van der Waals surface area contributed by atoms with E-state index in [1.807, 2.05) is 0 Å². The average molecular weight is 198 g/mol. The number of amides is 3. The molecule has 0 spiro atoms. The first-order valence-electron chi connectivity index (χ1n) is 3.97. The molecule has 3 amide bonds. The summed E-state index contributed by atoms with van der Waals surface area (Å²) in [6.07, 6.45) is 2.16. The number of urea groups is 1. The Hall–Kier alpha value is -1.85. The van der Waals surface area contributed by atoms with Crippen LogP contribution in [0, 0.1) is 0 Å². The highest BCUT2D eigenvalue weighted by Crippen LogP contribution is 2.06. The van der Waals surface area contributed by atoms with Crippen LogP contribution in [0.5, 0.6) is 0 Å². The maximum absolute atomic E-state index is 11.2. The van der Waals surface area contributed by atoms with E-state index in [1.165, 1.54) is 18.0 Å². The molecule has 14 heavy (non-hydrogen) atoms. The number of carboxylic acids is 1. The predicted octanol–water partition coefficient (Wildman–Crippen LogP) is -0.479. The third-order valence-corrected chi connectivity index (χ3v) is 1.78. The van der Waals surface area contributed by atoms with Gasteiger partial charge in [-0.25, -0.2) is 9.59 Å². The van der Waals surface area contributed by atoms with Gasteiger partial charge in [0.25, 0.3) is 5.91 Å². The standard InChI is InChI=1S/C8H10N2O4/c1-9-5-6(11)10(8(9)14)4-2-3-7(12)13/h2-3H,4-5H2,1H3,(H,12,13)/b3-2+. The van der Waals surface area contributed by atoms with E-state index in [-0.39, 0.29) is 19.0 Å². The first-order valence-corrected chi connectivity index (χ1v) is 3.97. The largest absolute Gasteiger partial charge is 0.478 e. The van der Waals surface area contributed by atoms with Crippen LogP contribution in [-0.4, -0.2) is 53.0 Å². The van der Waals surface area contributed by atoms with Crippen LogP contribution in [0.4, 0.5) is 4.79 Å². The van der Waals surface area contributed by atoms with Crippen molar-refractivity contribution in [3.05, 3.63) is 12.2 Å². The highest BCUT2D eigenvalue weighted by molar-refractivity contribution is 6.02. The van der Waals surface area contributed by atoms with Crippen LogP contribution < -0.4 is 0 Å². The molecule has 0 aromatic rings. The van der Waals surface area contributed by atoms with Crippen LogP contribution >= 0.6 is 0 Å². The van der Waals surface area contributed by atoms with Gasteiger partial charge in [-0.1, -0.05) is 6.08 Å². The van der Waals surface area contributed by atoms with Crippen molar-refractivity contribution in [2.75, 3.05) is 20.1 Å². The quantitative estimate of drug-likeness (QED) is 0.490. The van der Waals surface area contributed by atoms with Crippen molar-refractivity contribution in [3.63, 3.8) is 0 Å². The average Bonchev–Trinajstić information content (AvgIpc) is 2.31. The molecular weight excluding hydrogens is 188 g/mol. The Bertz CT molecular complexity index is 310. The van der Waals surface area contributed by atoms with E-state index in [9.17, 15) is 14.4 Å². The summed E-state index contributed by atoms with van der Waals surface area (Å²) >= 11 is 0. The molecule has 0 atom stereocenters. The van der Waals surface area contributed by atoms with Crippen molar-refractivity contribution >= 4 is 17.9 Å². The van der Waals surface area contributed by atoms with Crippen molar-refractivity contribution in [2.24, 2.45) is 0 Å². The fraction of sp³-hybridized carbons (Fsp3) is 0.375. The number of carboxylic acid groups (broad SMARTS) is 1. The molecule has 0 aromatic heterocycles. The fourth-order valence-corrected chi connectivity index (χ4v) is 1.11. The summed E-state index contributed by atoms with van der Waals surface area (Å²) in [5.74, 6) is -1.41. The van der Waals surface area contributed by atoms with Gasteiger partial charge in [-0.15, -0.1) is 0 Å². The van der Waals surface area contributed by atoms with E-state index >= 15 is 0 Å². The number of nitrogens with zero attached hydrogens (tertiary/aromatic N) is 2. The molecule has 1 saturated heterocycles. The van der Waals surface area contributed by atoms with Gasteiger partial charge in [-0.3, -0.25) is 9.69 Å². The molecule has 0 unspecified atom stereocenters. The Morgan fingerprint density at radius 3 is 2.64 bits per heavy atom. The van der Waals surface area contributed by atoms with Gasteiger partial charge in [0.05, 0.1) is 0 Å². The number of aliphatic carboxylic acids is 1. The lowest BCUT2D eigenvalue weighted by Crippen LogP contribution is -2.31. The third kappa shape index (κ3) is 2.09. The van der Waals surface area contributed by atoms with Gasteiger partial charge in [0.2, 0.25) is 0 Å². The number of imide groups is 1. The summed E-state index contributed by atoms with van der Waals surface area (Å²) < 4.78 is 0. The number of carbonyl (C=O) groups excluding carboxylic acids is 2. The van der Waals surface area contributed by atoms with Crippen LogP contribution in [0.25, 0.3) is 0 Å². The number of carbonyl (C=O) groups is 3. The molecule has 0 radical (unpaired) electrons. The minimum Gasteiger partial charge on any atom is -0.478 e. The van der Waals surface area contributed by atoms with Gasteiger partial charge in [-0.2, -0.15) is 0 Å². The van der Waals surface area contributed by atoms with Crippen LogP contribution in [-0.2, 0) is 9.59 Å². The van der Waals surface area contributed by atoms with Crippen molar-refractivity contribution in [1.29, 1.82) is 0 Å². The molecule has 1 fully saturated rings. The van der Waals surface area contributed by atoms with Crippen molar-refractivity contribution in [1.82, 2.24) is 9.80 Å². The summed E-state index contributed by atoms with van der Waals surface area (Å²) in [7, 11) is 1.52. The zero-order chi connectivity index (χ0) is 10.7. The Balaban J connectivity index is 2.57. The predicted molar refractivity (Wildman–Crippen MR) is 46.5 cm³/mol. The van der Waals surface area contributed by atoms with E-state index in [0.717, 1.165) is 11.0 Å². The molecule has 6 nitrogen and oxygen atoms in total. The van der Waals surface area contributed by atoms with E-state index < -0.39 is 12.0 Å². The van der Waals surface area contributed by atoms with E-state index in [0.29, 0.717) is 0 Å². The lowest BCUT2D eigenvalue weighted by molar-refractivity contribution is -0.131. The Morgan fingerprint density at radius 2 is 2.21 bits per heavy atom. The minimum atomic E-state index is -1.10. The van der Waals surface area contributed by atoms with Gasteiger partial charge in [0.1, 0.15) is 6.54 Å². The smallest absolute Gasteiger partial charge is 0.328 e. The lowest BCUT2D eigenvalue weighted by Gasteiger charge is -2.10. The van der Waals surface area contributed by atoms with Crippen LogP contribution in [0.15, 0.2) is 12.2 Å². The molecule has 0 aliphatic carbocycles. The van der Waals surface area contributed by atoms with Crippen molar-refractivity contribution in [3.8, 4) is 0 Å². The second kappa shape index (κ2) is 3.91. The van der Waals surface area contributed by atoms with Gasteiger partial charge in [-0.05, 0) is 0 Å². The first-order chi connectivity index (χ1) is 6.52. The lowest BCUT2D eigenvalue weighted by atomic mass is 10.4. The molecule has 1 N–H and O–H groups in total. The molecule has 1 rings (SSSR count). The molecule has 76 valence electrons. The maximum atomic E-state index is 11.2. The highest BCUT2D eigenvalue weighted by Gasteiger charge is 2.32. The van der Waals surface area contributed by atoms with Crippen LogP contribution in [0.2, 0.25) is 0 Å². The van der Waals surface area contributed by atoms with E-state index in [1.54, 1.807) is 0 Å². The molecule has 1 aliphatic heterocycles. The zero-order valence-corrected chi connectivity index (χ0v) is 7.64. The summed E-state index contributed by atoms with van der Waals surface area (Å²) in [4.78, 5) is 34.8. The fourth-order valence-electron chi connectivity index (χ4n) is 1.11. The number of rotatable bonds is 3. The Labute approximate surface area is 80.4 Å². The third-order valence-electron chi connectivity index (χ3n) is 1.78. The van der Waals surface area contributed by atoms with Gasteiger partial charge >= 0.3 is 12.0 Å². The Kier molecular flexibility index (Phi) is 2.85. The molecule has 6 heteroatoms. The minimum absolute atomic E-state index is 0.00824. The SMILES string of the molecule is CN1CC(=O)N(C/C=C/C(=O)O)C1=O. The monoisotopic (exact) mass is 198 g/mol. The van der Waals surface area contributed by atoms with E-state index in [2.05, 4.69) is 0 Å². The molecule has 1 heterocycles. The number of hydrogen-bond donors (Lipinski definition) is 1. The van der Waals surface area contributed by atoms with Crippen molar-refractivity contribution in [2.45, 2.75) is 0 Å². The molecule has 1 aliphatic rings. The first kappa shape index (κ1) is 10.2. The molecule has 0 bridgehead atoms. The second-order valence-electron chi connectivity index (χ2n) is 2.88. The van der Waals surface area contributed by atoms with E-state index in [4.69, 9.17) is 5.11 Å². The number of likely N-dealkylation sites (N-methyl/N-ethyl adjacent to an activating group) is 1. The number of hydrogen-bond acceptors (Lipinski definition) is 3. The summed E-state index contributed by atoms with van der Waals surface area (Å²) in [5.41, 5.74) is 0. The molecule has 0 saturated carbocycles. The molecular formula is C8H10N2O4. The Morgan fingerprint density at radius 1 is 1.57 bits per heavy atom. The van der Waals surface area contributed by atoms with Gasteiger partial charge in [0, 0.05) is 19.7 Å². The summed E-state index contributed by atoms with van der Waals surface area (Å²) in [6, 6.07) is -0.398. The summed E-state index contributed by atoms with van der Waals surface area (Å²) in [6.45, 7) is 0.0635. The van der Waals surface area contributed by atoms with Gasteiger partial charge in [0.15, 0.2) is 0 Å². The van der Waals surface area contributed by atoms with Crippen molar-refractivity contribution < 1.29 is 19.5 Å². The van der Waals surface area contributed by atoms with Gasteiger partial charge < -0.3 is 10.0 Å². The topological polar surface area (TPSA) is 77.9 Å².